The predicted octanol–water partition coefficient (Wildman–Crippen LogP) is 4.12. The summed E-state index contributed by atoms with van der Waals surface area (Å²) in [6, 6.07) is 0. The number of piperidine rings is 1. The summed E-state index contributed by atoms with van der Waals surface area (Å²) in [5, 5.41) is 0. The van der Waals surface area contributed by atoms with Gasteiger partial charge < -0.3 is 0 Å². The van der Waals surface area contributed by atoms with Gasteiger partial charge in [-0.1, -0.05) is 13.3 Å². The van der Waals surface area contributed by atoms with Crippen molar-refractivity contribution >= 4 is 0 Å². The van der Waals surface area contributed by atoms with Crippen LogP contribution in [0.1, 0.15) is 78.6 Å². The lowest BCUT2D eigenvalue weighted by molar-refractivity contribution is -0.0487. The minimum absolute atomic E-state index is 0.554. The Balaban J connectivity index is 2.01. The molecule has 1 nitrogen and oxygen atoms in total. The first kappa shape index (κ1) is 11.1. The van der Waals surface area contributed by atoms with E-state index in [0.717, 1.165) is 0 Å². The van der Waals surface area contributed by atoms with Crippen molar-refractivity contribution in [3.63, 3.8) is 0 Å². The third-order valence-electron chi connectivity index (χ3n) is 5.96. The highest BCUT2D eigenvalue weighted by Crippen LogP contribution is 2.60. The summed E-state index contributed by atoms with van der Waals surface area (Å²) in [5.74, 6) is 0. The lowest BCUT2D eigenvalue weighted by Crippen LogP contribution is -2.60. The van der Waals surface area contributed by atoms with Crippen LogP contribution in [0.5, 0.6) is 0 Å². The molecule has 3 aliphatic heterocycles. The first-order chi connectivity index (χ1) is 7.55. The highest BCUT2D eigenvalue weighted by atomic mass is 15.4. The molecule has 0 spiro atoms. The lowest BCUT2D eigenvalue weighted by atomic mass is 9.75. The number of hydrogen-bond donors (Lipinski definition) is 0. The number of nitrogens with zero attached hydrogens (tertiary/aromatic N) is 1. The lowest BCUT2D eigenvalue weighted by Gasteiger charge is -2.54. The van der Waals surface area contributed by atoms with Gasteiger partial charge in [0.25, 0.3) is 0 Å². The van der Waals surface area contributed by atoms with E-state index in [2.05, 4.69) is 25.7 Å². The molecule has 0 N–H and O–H groups in total. The number of rotatable bonds is 2. The molecule has 3 rings (SSSR count). The van der Waals surface area contributed by atoms with Crippen LogP contribution in [0.15, 0.2) is 0 Å². The number of hydrogen-bond acceptors (Lipinski definition) is 1. The Morgan fingerprint density at radius 2 is 1.50 bits per heavy atom. The van der Waals surface area contributed by atoms with Crippen LogP contribution < -0.4 is 0 Å². The Morgan fingerprint density at radius 1 is 0.875 bits per heavy atom. The third kappa shape index (κ3) is 1.21. The molecule has 0 bridgehead atoms. The van der Waals surface area contributed by atoms with E-state index in [-0.39, 0.29) is 0 Å². The molecule has 3 aliphatic rings. The van der Waals surface area contributed by atoms with Gasteiger partial charge >= 0.3 is 0 Å². The van der Waals surface area contributed by atoms with Gasteiger partial charge in [-0.2, -0.15) is 0 Å². The van der Waals surface area contributed by atoms with Gasteiger partial charge in [0.1, 0.15) is 0 Å². The van der Waals surface area contributed by atoms with Crippen LogP contribution in [0, 0.1) is 0 Å². The zero-order valence-electron chi connectivity index (χ0n) is 11.3. The highest BCUT2D eigenvalue weighted by Gasteiger charge is 2.62. The van der Waals surface area contributed by atoms with E-state index >= 15 is 0 Å². The van der Waals surface area contributed by atoms with Crippen molar-refractivity contribution in [1.82, 2.24) is 4.90 Å². The Labute approximate surface area is 101 Å². The molecule has 0 amide bonds. The van der Waals surface area contributed by atoms with Crippen LogP contribution in [0.2, 0.25) is 0 Å². The van der Waals surface area contributed by atoms with Crippen LogP contribution in [0.3, 0.4) is 0 Å². The van der Waals surface area contributed by atoms with Gasteiger partial charge in [-0.05, 0) is 65.2 Å². The van der Waals surface area contributed by atoms with Crippen molar-refractivity contribution in [2.75, 3.05) is 0 Å². The zero-order chi connectivity index (χ0) is 11.4. The average Bonchev–Trinajstić information content (AvgIpc) is 2.68. The smallest absolute Gasteiger partial charge is 0.0221 e. The van der Waals surface area contributed by atoms with E-state index in [1.165, 1.54) is 57.8 Å². The second-order valence-corrected chi connectivity index (χ2v) is 7.16. The molecular weight excluding hydrogens is 194 g/mol. The summed E-state index contributed by atoms with van der Waals surface area (Å²) in [4.78, 5) is 3.01. The molecule has 3 heterocycles. The average molecular weight is 221 g/mol. The molecular formula is C15H27N. The van der Waals surface area contributed by atoms with Crippen LogP contribution in [0.4, 0.5) is 0 Å². The third-order valence-corrected chi connectivity index (χ3v) is 5.96. The second kappa shape index (κ2) is 3.25. The SMILES string of the molecule is CCCC12CCCC3(C)CCC(C)(CC1)N32. The fraction of sp³-hybridized carbons (Fsp3) is 1.00. The van der Waals surface area contributed by atoms with Gasteiger partial charge in [0, 0.05) is 16.6 Å². The minimum atomic E-state index is 0.554. The molecule has 3 atom stereocenters. The monoisotopic (exact) mass is 221 g/mol. The maximum absolute atomic E-state index is 3.01. The standard InChI is InChI=1S/C15H27N/c1-4-6-15-8-5-7-13(2)9-10-14(3,11-12-15)16(13)15/h4-12H2,1-3H3. The molecule has 0 aromatic heterocycles. The normalized spacial score (nSPS) is 51.9. The quantitative estimate of drug-likeness (QED) is 0.678. The first-order valence-corrected chi connectivity index (χ1v) is 7.35. The van der Waals surface area contributed by atoms with E-state index in [1.54, 1.807) is 0 Å². The molecule has 3 unspecified atom stereocenters. The molecule has 0 aliphatic carbocycles. The van der Waals surface area contributed by atoms with E-state index in [9.17, 15) is 0 Å². The fourth-order valence-electron chi connectivity index (χ4n) is 5.51. The second-order valence-electron chi connectivity index (χ2n) is 7.16. The van der Waals surface area contributed by atoms with Crippen molar-refractivity contribution in [2.24, 2.45) is 0 Å². The Kier molecular flexibility index (Phi) is 2.25. The van der Waals surface area contributed by atoms with E-state index in [4.69, 9.17) is 0 Å². The summed E-state index contributed by atoms with van der Waals surface area (Å²) in [6.45, 7) is 7.46. The zero-order valence-corrected chi connectivity index (χ0v) is 11.3. The van der Waals surface area contributed by atoms with Gasteiger partial charge in [0.15, 0.2) is 0 Å². The summed E-state index contributed by atoms with van der Waals surface area (Å²) >= 11 is 0. The maximum Gasteiger partial charge on any atom is 0.0221 e. The molecule has 0 aromatic rings. The van der Waals surface area contributed by atoms with Gasteiger partial charge in [-0.3, -0.25) is 4.90 Å². The van der Waals surface area contributed by atoms with Gasteiger partial charge in [-0.15, -0.1) is 0 Å². The molecule has 0 radical (unpaired) electrons. The Bertz CT molecular complexity index is 296. The Hall–Kier alpha value is -0.0400. The Morgan fingerprint density at radius 3 is 2.19 bits per heavy atom. The summed E-state index contributed by atoms with van der Waals surface area (Å²) in [6.07, 6.45) is 13.1. The molecule has 16 heavy (non-hydrogen) atoms. The van der Waals surface area contributed by atoms with Crippen LogP contribution in [-0.2, 0) is 0 Å². The van der Waals surface area contributed by atoms with Gasteiger partial charge in [0.2, 0.25) is 0 Å². The van der Waals surface area contributed by atoms with Gasteiger partial charge in [0.05, 0.1) is 0 Å². The van der Waals surface area contributed by atoms with Crippen LogP contribution >= 0.6 is 0 Å². The summed E-state index contributed by atoms with van der Waals surface area (Å²) < 4.78 is 0. The van der Waals surface area contributed by atoms with E-state index < -0.39 is 0 Å². The minimum Gasteiger partial charge on any atom is -0.287 e. The molecule has 3 saturated heterocycles. The van der Waals surface area contributed by atoms with Crippen LogP contribution in [-0.4, -0.2) is 21.5 Å². The molecule has 92 valence electrons. The van der Waals surface area contributed by atoms with Gasteiger partial charge in [-0.25, -0.2) is 0 Å². The molecule has 0 saturated carbocycles. The van der Waals surface area contributed by atoms with Crippen molar-refractivity contribution in [1.29, 1.82) is 0 Å². The molecule has 0 aromatic carbocycles. The van der Waals surface area contributed by atoms with E-state index in [1.807, 2.05) is 0 Å². The summed E-state index contributed by atoms with van der Waals surface area (Å²) in [7, 11) is 0. The van der Waals surface area contributed by atoms with Crippen molar-refractivity contribution < 1.29 is 0 Å². The summed E-state index contributed by atoms with van der Waals surface area (Å²) in [5.41, 5.74) is 1.72. The largest absolute Gasteiger partial charge is 0.287 e. The fourth-order valence-corrected chi connectivity index (χ4v) is 5.51. The molecule has 1 heteroatoms. The molecule has 3 fully saturated rings. The predicted molar refractivity (Wildman–Crippen MR) is 68.6 cm³/mol. The topological polar surface area (TPSA) is 3.24 Å². The first-order valence-electron chi connectivity index (χ1n) is 7.35. The van der Waals surface area contributed by atoms with E-state index in [0.29, 0.717) is 16.6 Å². The van der Waals surface area contributed by atoms with Crippen molar-refractivity contribution in [2.45, 2.75) is 95.2 Å². The highest BCUT2D eigenvalue weighted by molar-refractivity contribution is 5.18. The van der Waals surface area contributed by atoms with Crippen molar-refractivity contribution in [3.8, 4) is 0 Å². The van der Waals surface area contributed by atoms with Crippen LogP contribution in [0.25, 0.3) is 0 Å². The van der Waals surface area contributed by atoms with Crippen molar-refractivity contribution in [3.05, 3.63) is 0 Å². The maximum atomic E-state index is 3.01.